The Kier molecular flexibility index (Phi) is 5.41. The van der Waals surface area contributed by atoms with Crippen molar-refractivity contribution in [3.63, 3.8) is 0 Å². The second-order valence-corrected chi connectivity index (χ2v) is 6.42. The molecule has 112 valence electrons. The van der Waals surface area contributed by atoms with Gasteiger partial charge in [0.2, 0.25) is 0 Å². The summed E-state index contributed by atoms with van der Waals surface area (Å²) in [6, 6.07) is 3.10. The predicted molar refractivity (Wildman–Crippen MR) is 86.2 cm³/mol. The summed E-state index contributed by atoms with van der Waals surface area (Å²) in [5.41, 5.74) is 8.39. The van der Waals surface area contributed by atoms with Crippen LogP contribution in [0, 0.1) is 6.92 Å². The number of pyridine rings is 1. The molecule has 1 heterocycles. The van der Waals surface area contributed by atoms with Crippen LogP contribution < -0.4 is 10.6 Å². The summed E-state index contributed by atoms with van der Waals surface area (Å²) in [6.07, 6.45) is 11.0. The molecule has 1 unspecified atom stereocenters. The molecule has 0 amide bonds. The molecule has 0 bridgehead atoms. The maximum atomic E-state index is 5.87. The molecule has 1 fully saturated rings. The Balaban J connectivity index is 2.10. The largest absolute Gasteiger partial charge is 0.356 e. The van der Waals surface area contributed by atoms with Crippen molar-refractivity contribution in [1.29, 1.82) is 0 Å². The molecule has 20 heavy (non-hydrogen) atoms. The summed E-state index contributed by atoms with van der Waals surface area (Å²) in [5.74, 6) is 1.14. The molecular weight excluding hydrogens is 246 g/mol. The van der Waals surface area contributed by atoms with E-state index in [1.807, 2.05) is 13.1 Å². The van der Waals surface area contributed by atoms with Gasteiger partial charge in [0.1, 0.15) is 5.82 Å². The lowest BCUT2D eigenvalue weighted by atomic mass is 10.1. The van der Waals surface area contributed by atoms with E-state index in [0.717, 1.165) is 12.2 Å². The summed E-state index contributed by atoms with van der Waals surface area (Å²) in [5, 5.41) is 0. The molecule has 1 aliphatic carbocycles. The molecule has 0 aromatic carbocycles. The van der Waals surface area contributed by atoms with Crippen molar-refractivity contribution in [2.24, 2.45) is 5.73 Å². The van der Waals surface area contributed by atoms with Gasteiger partial charge < -0.3 is 10.6 Å². The molecule has 0 aliphatic heterocycles. The number of aromatic nitrogens is 1. The van der Waals surface area contributed by atoms with Crippen LogP contribution in [0.25, 0.3) is 0 Å². The maximum absolute atomic E-state index is 5.87. The number of nitrogens with zero attached hydrogens (tertiary/aromatic N) is 2. The number of hydrogen-bond donors (Lipinski definition) is 1. The lowest BCUT2D eigenvalue weighted by Crippen LogP contribution is -2.32. The third kappa shape index (κ3) is 3.95. The third-order valence-electron chi connectivity index (χ3n) is 4.37. The van der Waals surface area contributed by atoms with E-state index in [1.54, 1.807) is 0 Å². The molecule has 1 saturated carbocycles. The average molecular weight is 275 g/mol. The molecule has 2 rings (SSSR count). The zero-order valence-electron chi connectivity index (χ0n) is 13.2. The third-order valence-corrected chi connectivity index (χ3v) is 4.37. The van der Waals surface area contributed by atoms with Gasteiger partial charge in [-0.2, -0.15) is 0 Å². The minimum absolute atomic E-state index is 0.196. The van der Waals surface area contributed by atoms with Gasteiger partial charge in [0.25, 0.3) is 0 Å². The second-order valence-electron chi connectivity index (χ2n) is 6.42. The highest BCUT2D eigenvalue weighted by molar-refractivity contribution is 5.47. The average Bonchev–Trinajstić information content (AvgIpc) is 2.66. The van der Waals surface area contributed by atoms with Crippen molar-refractivity contribution in [2.75, 3.05) is 11.9 Å². The zero-order valence-corrected chi connectivity index (χ0v) is 13.2. The number of aryl methyl sites for hydroxylation is 1. The molecule has 1 aliphatic rings. The van der Waals surface area contributed by atoms with Gasteiger partial charge in [0, 0.05) is 25.3 Å². The van der Waals surface area contributed by atoms with Crippen molar-refractivity contribution >= 4 is 5.82 Å². The molecule has 0 spiro atoms. The molecule has 1 atom stereocenters. The lowest BCUT2D eigenvalue weighted by molar-refractivity contribution is 0.548. The normalized spacial score (nSPS) is 18.6. The highest BCUT2D eigenvalue weighted by Crippen LogP contribution is 2.26. The minimum Gasteiger partial charge on any atom is -0.356 e. The van der Waals surface area contributed by atoms with E-state index in [4.69, 9.17) is 10.7 Å². The van der Waals surface area contributed by atoms with Gasteiger partial charge in [0.05, 0.1) is 0 Å². The molecule has 0 radical (unpaired) electrons. The molecule has 3 nitrogen and oxygen atoms in total. The summed E-state index contributed by atoms with van der Waals surface area (Å²) < 4.78 is 0. The zero-order chi connectivity index (χ0) is 14.5. The second kappa shape index (κ2) is 7.07. The van der Waals surface area contributed by atoms with E-state index in [0.29, 0.717) is 6.04 Å². The van der Waals surface area contributed by atoms with Crippen molar-refractivity contribution in [3.05, 3.63) is 23.4 Å². The van der Waals surface area contributed by atoms with E-state index in [1.165, 1.54) is 49.7 Å². The number of rotatable bonds is 4. The van der Waals surface area contributed by atoms with Crippen LogP contribution in [0.3, 0.4) is 0 Å². The highest BCUT2D eigenvalue weighted by Gasteiger charge is 2.19. The Morgan fingerprint density at radius 3 is 2.50 bits per heavy atom. The van der Waals surface area contributed by atoms with Crippen molar-refractivity contribution in [3.8, 4) is 0 Å². The quantitative estimate of drug-likeness (QED) is 0.856. The van der Waals surface area contributed by atoms with E-state index < -0.39 is 0 Å². The number of anilines is 1. The van der Waals surface area contributed by atoms with Gasteiger partial charge in [-0.3, -0.25) is 0 Å². The van der Waals surface area contributed by atoms with Crippen LogP contribution in [-0.4, -0.2) is 24.1 Å². The van der Waals surface area contributed by atoms with Crippen LogP contribution >= 0.6 is 0 Å². The standard InChI is InChI=1S/C17H29N3/c1-13-10-15(11-14(2)18)12-19-17(13)20(3)16-8-6-4-5-7-9-16/h10,12,14,16H,4-9,11,18H2,1-3H3. The van der Waals surface area contributed by atoms with Gasteiger partial charge in [-0.1, -0.05) is 31.7 Å². The Labute approximate surface area is 123 Å². The first-order chi connectivity index (χ1) is 9.58. The number of hydrogen-bond acceptors (Lipinski definition) is 3. The summed E-state index contributed by atoms with van der Waals surface area (Å²) >= 11 is 0. The van der Waals surface area contributed by atoms with E-state index in [2.05, 4.69) is 24.9 Å². The van der Waals surface area contributed by atoms with Gasteiger partial charge in [0.15, 0.2) is 0 Å². The summed E-state index contributed by atoms with van der Waals surface area (Å²) in [7, 11) is 2.20. The van der Waals surface area contributed by atoms with Crippen LogP contribution in [0.2, 0.25) is 0 Å². The fourth-order valence-electron chi connectivity index (χ4n) is 3.30. The first kappa shape index (κ1) is 15.3. The first-order valence-corrected chi connectivity index (χ1v) is 8.02. The Bertz CT molecular complexity index is 420. The van der Waals surface area contributed by atoms with Gasteiger partial charge in [-0.15, -0.1) is 0 Å². The smallest absolute Gasteiger partial charge is 0.131 e. The first-order valence-electron chi connectivity index (χ1n) is 8.02. The topological polar surface area (TPSA) is 42.1 Å². The maximum Gasteiger partial charge on any atom is 0.131 e. The van der Waals surface area contributed by atoms with Gasteiger partial charge in [-0.05, 0) is 44.2 Å². The molecule has 1 aromatic rings. The van der Waals surface area contributed by atoms with Crippen LogP contribution in [0.4, 0.5) is 5.82 Å². The fourth-order valence-corrected chi connectivity index (χ4v) is 3.30. The molecule has 0 saturated heterocycles. The monoisotopic (exact) mass is 275 g/mol. The van der Waals surface area contributed by atoms with Crippen molar-refractivity contribution in [1.82, 2.24) is 4.98 Å². The van der Waals surface area contributed by atoms with Gasteiger partial charge >= 0.3 is 0 Å². The Hall–Kier alpha value is -1.09. The van der Waals surface area contributed by atoms with E-state index in [-0.39, 0.29) is 6.04 Å². The van der Waals surface area contributed by atoms with Crippen LogP contribution in [0.15, 0.2) is 12.3 Å². The Morgan fingerprint density at radius 1 is 1.30 bits per heavy atom. The van der Waals surface area contributed by atoms with E-state index >= 15 is 0 Å². The Morgan fingerprint density at radius 2 is 1.95 bits per heavy atom. The SMILES string of the molecule is Cc1cc(CC(C)N)cnc1N(C)C1CCCCCC1. The van der Waals surface area contributed by atoms with Crippen LogP contribution in [-0.2, 0) is 6.42 Å². The number of nitrogens with two attached hydrogens (primary N) is 1. The predicted octanol–water partition coefficient (Wildman–Crippen LogP) is 3.44. The van der Waals surface area contributed by atoms with Crippen molar-refractivity contribution in [2.45, 2.75) is 70.9 Å². The molecule has 3 heteroatoms. The van der Waals surface area contributed by atoms with E-state index in [9.17, 15) is 0 Å². The van der Waals surface area contributed by atoms with Crippen molar-refractivity contribution < 1.29 is 0 Å². The van der Waals surface area contributed by atoms with Crippen LogP contribution in [0.5, 0.6) is 0 Å². The minimum atomic E-state index is 0.196. The summed E-state index contributed by atoms with van der Waals surface area (Å²) in [4.78, 5) is 7.11. The highest BCUT2D eigenvalue weighted by atomic mass is 15.2. The molecule has 2 N–H and O–H groups in total. The molecular formula is C17H29N3. The fraction of sp³-hybridized carbons (Fsp3) is 0.706. The van der Waals surface area contributed by atoms with Crippen LogP contribution in [0.1, 0.15) is 56.6 Å². The lowest BCUT2D eigenvalue weighted by Gasteiger charge is -2.29. The van der Waals surface area contributed by atoms with Gasteiger partial charge in [-0.25, -0.2) is 4.98 Å². The summed E-state index contributed by atoms with van der Waals surface area (Å²) in [6.45, 7) is 4.21. The molecule has 1 aromatic heterocycles.